The molecule has 1 aliphatic rings. The zero-order valence-electron chi connectivity index (χ0n) is 17.7. The lowest BCUT2D eigenvalue weighted by Crippen LogP contribution is -2.43. The van der Waals surface area contributed by atoms with Crippen molar-refractivity contribution < 1.29 is 17.9 Å². The quantitative estimate of drug-likeness (QED) is 0.673. The number of benzene rings is 2. The molecule has 1 aliphatic heterocycles. The average molecular weight is 431 g/mol. The van der Waals surface area contributed by atoms with Crippen LogP contribution in [0.5, 0.6) is 5.75 Å². The Labute approximate surface area is 179 Å². The number of carbonyl (C=O) groups is 1. The Morgan fingerprint density at radius 1 is 1.03 bits per heavy atom. The Balaban J connectivity index is 1.89. The van der Waals surface area contributed by atoms with Gasteiger partial charge in [-0.3, -0.25) is 4.79 Å². The second-order valence-corrected chi connectivity index (χ2v) is 9.62. The van der Waals surface area contributed by atoms with Gasteiger partial charge in [-0.1, -0.05) is 43.2 Å². The van der Waals surface area contributed by atoms with Crippen molar-refractivity contribution in [2.45, 2.75) is 44.0 Å². The topological polar surface area (TPSA) is 66.9 Å². The summed E-state index contributed by atoms with van der Waals surface area (Å²) >= 11 is 0. The molecule has 2 aromatic rings. The summed E-state index contributed by atoms with van der Waals surface area (Å²) in [6, 6.07) is 14.2. The molecular formula is C23H30N2O4S. The number of sulfonamides is 1. The van der Waals surface area contributed by atoms with Gasteiger partial charge >= 0.3 is 0 Å². The van der Waals surface area contributed by atoms with Crippen molar-refractivity contribution in [3.8, 4) is 5.75 Å². The van der Waals surface area contributed by atoms with Gasteiger partial charge in [-0.2, -0.15) is 4.31 Å². The summed E-state index contributed by atoms with van der Waals surface area (Å²) in [4.78, 5) is 15.0. The van der Waals surface area contributed by atoms with Crippen molar-refractivity contribution in [1.29, 1.82) is 0 Å². The molecule has 0 aromatic heterocycles. The lowest BCUT2D eigenvalue weighted by molar-refractivity contribution is -0.131. The minimum atomic E-state index is -3.86. The average Bonchev–Trinajstić information content (AvgIpc) is 3.03. The van der Waals surface area contributed by atoms with Gasteiger partial charge in [0.05, 0.1) is 18.6 Å². The normalized spacial score (nSPS) is 15.1. The minimum Gasteiger partial charge on any atom is -0.496 e. The van der Waals surface area contributed by atoms with Crippen molar-refractivity contribution in [2.24, 2.45) is 0 Å². The molecule has 1 fully saturated rings. The molecule has 3 rings (SSSR count). The number of ether oxygens (including phenoxy) is 1. The predicted molar refractivity (Wildman–Crippen MR) is 117 cm³/mol. The zero-order valence-corrected chi connectivity index (χ0v) is 18.5. The van der Waals surface area contributed by atoms with Crippen LogP contribution in [-0.2, 0) is 21.4 Å². The van der Waals surface area contributed by atoms with E-state index in [9.17, 15) is 13.2 Å². The molecule has 2 aromatic carbocycles. The van der Waals surface area contributed by atoms with Crippen LogP contribution >= 0.6 is 0 Å². The Kier molecular flexibility index (Phi) is 7.50. The number of nitrogens with zero attached hydrogens (tertiary/aromatic N) is 2. The van der Waals surface area contributed by atoms with E-state index in [0.29, 0.717) is 18.8 Å². The summed E-state index contributed by atoms with van der Waals surface area (Å²) in [7, 11) is -2.31. The van der Waals surface area contributed by atoms with Crippen molar-refractivity contribution in [1.82, 2.24) is 9.21 Å². The second-order valence-electron chi connectivity index (χ2n) is 7.69. The van der Waals surface area contributed by atoms with E-state index in [1.54, 1.807) is 24.1 Å². The van der Waals surface area contributed by atoms with Crippen molar-refractivity contribution >= 4 is 15.9 Å². The summed E-state index contributed by atoms with van der Waals surface area (Å²) in [5.74, 6) is 0.492. The van der Waals surface area contributed by atoms with Crippen LogP contribution in [-0.4, -0.2) is 50.3 Å². The van der Waals surface area contributed by atoms with Gasteiger partial charge in [0, 0.05) is 19.6 Å². The first-order chi connectivity index (χ1) is 14.4. The number of carbonyl (C=O) groups excluding carboxylic acids is 1. The monoisotopic (exact) mass is 430 g/mol. The summed E-state index contributed by atoms with van der Waals surface area (Å²) in [5.41, 5.74) is 1.58. The molecule has 0 atom stereocenters. The van der Waals surface area contributed by atoms with Crippen LogP contribution in [0.4, 0.5) is 0 Å². The van der Waals surface area contributed by atoms with Gasteiger partial charge in [0.25, 0.3) is 0 Å². The highest BCUT2D eigenvalue weighted by Crippen LogP contribution is 2.25. The van der Waals surface area contributed by atoms with Crippen LogP contribution < -0.4 is 4.74 Å². The first-order valence-corrected chi connectivity index (χ1v) is 11.8. The maximum absolute atomic E-state index is 13.5. The van der Waals surface area contributed by atoms with Crippen LogP contribution in [0.3, 0.4) is 0 Å². The number of rotatable bonds is 7. The van der Waals surface area contributed by atoms with Crippen LogP contribution in [0, 0.1) is 6.92 Å². The number of hydrogen-bond acceptors (Lipinski definition) is 4. The summed E-state index contributed by atoms with van der Waals surface area (Å²) in [5, 5.41) is 0. The first-order valence-electron chi connectivity index (χ1n) is 10.4. The second kappa shape index (κ2) is 10.1. The van der Waals surface area contributed by atoms with E-state index in [1.165, 1.54) is 10.4 Å². The Morgan fingerprint density at radius 3 is 2.30 bits per heavy atom. The van der Waals surface area contributed by atoms with Crippen LogP contribution in [0.1, 0.15) is 36.8 Å². The third-order valence-corrected chi connectivity index (χ3v) is 7.26. The Hall–Kier alpha value is -2.38. The number of aryl methyl sites for hydroxylation is 1. The van der Waals surface area contributed by atoms with E-state index in [2.05, 4.69) is 0 Å². The summed E-state index contributed by atoms with van der Waals surface area (Å²) in [6.45, 7) is 3.18. The Bertz CT molecular complexity index is 952. The molecule has 0 saturated carbocycles. The molecule has 6 nitrogen and oxygen atoms in total. The third-order valence-electron chi connectivity index (χ3n) is 5.48. The van der Waals surface area contributed by atoms with Gasteiger partial charge in [0.1, 0.15) is 5.75 Å². The largest absolute Gasteiger partial charge is 0.496 e. The van der Waals surface area contributed by atoms with Crippen LogP contribution in [0.25, 0.3) is 0 Å². The smallest absolute Gasteiger partial charge is 0.243 e. The van der Waals surface area contributed by atoms with Crippen molar-refractivity contribution in [2.75, 3.05) is 26.7 Å². The molecule has 0 bridgehead atoms. The van der Waals surface area contributed by atoms with E-state index >= 15 is 0 Å². The molecule has 0 N–H and O–H groups in total. The lowest BCUT2D eigenvalue weighted by Gasteiger charge is -2.26. The molecule has 0 unspecified atom stereocenters. The van der Waals surface area contributed by atoms with Gasteiger partial charge < -0.3 is 9.64 Å². The maximum atomic E-state index is 13.5. The first kappa shape index (κ1) is 22.3. The number of hydrogen-bond donors (Lipinski definition) is 0. The molecule has 1 heterocycles. The molecule has 162 valence electrons. The van der Waals surface area contributed by atoms with Gasteiger partial charge in [-0.25, -0.2) is 8.42 Å². The molecule has 7 heteroatoms. The third kappa shape index (κ3) is 5.40. The fourth-order valence-corrected chi connectivity index (χ4v) is 5.21. The molecule has 0 aliphatic carbocycles. The molecule has 1 amide bonds. The van der Waals surface area contributed by atoms with E-state index in [1.807, 2.05) is 37.3 Å². The number of amides is 1. The maximum Gasteiger partial charge on any atom is 0.243 e. The molecular weight excluding hydrogens is 400 g/mol. The minimum absolute atomic E-state index is 0.137. The van der Waals surface area contributed by atoms with Crippen LogP contribution in [0.2, 0.25) is 0 Å². The van der Waals surface area contributed by atoms with E-state index in [4.69, 9.17) is 4.74 Å². The summed E-state index contributed by atoms with van der Waals surface area (Å²) in [6.07, 6.45) is 4.16. The van der Waals surface area contributed by atoms with Gasteiger partial charge in [0.15, 0.2) is 0 Å². The predicted octanol–water partition coefficient (Wildman–Crippen LogP) is 3.60. The standard InChI is InChI=1S/C23H30N2O4S/c1-19-16-21(12-13-22(19)29-2)30(27,28)25(17-20-10-6-5-7-11-20)18-23(26)24-14-8-3-4-9-15-24/h5-7,10-13,16H,3-4,8-9,14-15,17-18H2,1-2H3. The SMILES string of the molecule is COc1ccc(S(=O)(=O)N(CC(=O)N2CCCCCC2)Cc2ccccc2)cc1C. The fourth-order valence-electron chi connectivity index (χ4n) is 3.74. The van der Waals surface area contributed by atoms with Crippen molar-refractivity contribution in [3.63, 3.8) is 0 Å². The molecule has 0 spiro atoms. The van der Waals surface area contributed by atoms with Crippen molar-refractivity contribution in [3.05, 3.63) is 59.7 Å². The van der Waals surface area contributed by atoms with E-state index in [-0.39, 0.29) is 23.9 Å². The van der Waals surface area contributed by atoms with E-state index in [0.717, 1.165) is 36.8 Å². The lowest BCUT2D eigenvalue weighted by atomic mass is 10.2. The molecule has 1 saturated heterocycles. The van der Waals surface area contributed by atoms with Gasteiger partial charge in [-0.05, 0) is 49.1 Å². The van der Waals surface area contributed by atoms with Gasteiger partial charge in [-0.15, -0.1) is 0 Å². The fraction of sp³-hybridized carbons (Fsp3) is 0.435. The van der Waals surface area contributed by atoms with E-state index < -0.39 is 10.0 Å². The Morgan fingerprint density at radius 2 is 1.70 bits per heavy atom. The highest BCUT2D eigenvalue weighted by molar-refractivity contribution is 7.89. The number of likely N-dealkylation sites (tertiary alicyclic amines) is 1. The van der Waals surface area contributed by atoms with Crippen LogP contribution in [0.15, 0.2) is 53.4 Å². The highest BCUT2D eigenvalue weighted by atomic mass is 32.2. The number of methoxy groups -OCH3 is 1. The zero-order chi connectivity index (χ0) is 21.6. The molecule has 0 radical (unpaired) electrons. The van der Waals surface area contributed by atoms with Gasteiger partial charge in [0.2, 0.25) is 15.9 Å². The highest BCUT2D eigenvalue weighted by Gasteiger charge is 2.29. The molecule has 30 heavy (non-hydrogen) atoms. The summed E-state index contributed by atoms with van der Waals surface area (Å²) < 4.78 is 33.5.